The normalized spacial score (nSPS) is 11.5. The fourth-order valence-electron chi connectivity index (χ4n) is 9.95. The first-order valence-electron chi connectivity index (χ1n) is 23.5. The topological polar surface area (TPSA) is 19.6 Å². The summed E-state index contributed by atoms with van der Waals surface area (Å²) in [5.74, 6) is 0.460. The smallest absolute Gasteiger partial charge is 0.136 e. The molecular weight excluding hydrogens is 825 g/mol. The van der Waals surface area contributed by atoms with E-state index in [4.69, 9.17) is 4.42 Å². The van der Waals surface area contributed by atoms with Gasteiger partial charge in [-0.2, -0.15) is 0 Å². The van der Waals surface area contributed by atoms with Crippen molar-refractivity contribution in [3.63, 3.8) is 0 Å². The third-order valence-electron chi connectivity index (χ3n) is 13.4. The number of para-hydroxylation sites is 4. The lowest BCUT2D eigenvalue weighted by Crippen LogP contribution is -2.12. The number of hydrogen-bond acceptors (Lipinski definition) is 3. The summed E-state index contributed by atoms with van der Waals surface area (Å²) in [5.41, 5.74) is 16.7. The molecule has 3 nitrogen and oxygen atoms in total. The molecule has 0 bridgehead atoms. The van der Waals surface area contributed by atoms with E-state index in [2.05, 4.69) is 272 Å². The molecule has 0 atom stereocenters. The lowest BCUT2D eigenvalue weighted by atomic mass is 9.96. The zero-order valence-corrected chi connectivity index (χ0v) is 38.1. The van der Waals surface area contributed by atoms with Crippen LogP contribution in [-0.2, 0) is 0 Å². The van der Waals surface area contributed by atoms with Crippen molar-refractivity contribution in [2.45, 2.75) is 19.8 Å². The molecule has 12 aromatic rings. The number of benzene rings is 11. The van der Waals surface area contributed by atoms with Gasteiger partial charge in [0.1, 0.15) is 11.2 Å². The first-order valence-corrected chi connectivity index (χ1v) is 23.5. The molecule has 0 aliphatic carbocycles. The minimum Gasteiger partial charge on any atom is -0.456 e. The van der Waals surface area contributed by atoms with Gasteiger partial charge in [0.25, 0.3) is 0 Å². The summed E-state index contributed by atoms with van der Waals surface area (Å²) >= 11 is 0. The standard InChI is InChI=1S/C65H48N2O/c1-44(2)45-30-32-48(33-31-45)58-26-14-17-29-63(58)67(62-28-16-13-25-57(62)47-20-8-4-9-21-47)55-37-35-50-41-60-59-40-49-34-36-54(38-51(49)42-64(59)68-65(60)43-52(50)39-55)66(53-22-10-5-11-23-53)61-27-15-12-24-56(61)46-18-6-3-7-19-46/h3-44H,1-2H3. The molecule has 0 amide bonds. The van der Waals surface area contributed by atoms with E-state index in [0.29, 0.717) is 5.92 Å². The van der Waals surface area contributed by atoms with Crippen LogP contribution in [0, 0.1) is 0 Å². The predicted octanol–water partition coefficient (Wildman–Crippen LogP) is 19.0. The molecule has 1 heterocycles. The van der Waals surface area contributed by atoms with Crippen LogP contribution >= 0.6 is 0 Å². The second-order valence-electron chi connectivity index (χ2n) is 17.9. The van der Waals surface area contributed by atoms with Crippen LogP contribution in [-0.4, -0.2) is 0 Å². The lowest BCUT2D eigenvalue weighted by molar-refractivity contribution is 0.670. The Morgan fingerprint density at radius 3 is 1.18 bits per heavy atom. The van der Waals surface area contributed by atoms with E-state index in [0.717, 1.165) is 83.2 Å². The molecule has 0 spiro atoms. The van der Waals surface area contributed by atoms with E-state index < -0.39 is 0 Å². The highest BCUT2D eigenvalue weighted by atomic mass is 16.3. The molecule has 1 aromatic heterocycles. The average molecular weight is 873 g/mol. The van der Waals surface area contributed by atoms with Gasteiger partial charge in [0, 0.05) is 44.5 Å². The Morgan fingerprint density at radius 2 is 0.706 bits per heavy atom. The van der Waals surface area contributed by atoms with Gasteiger partial charge in [-0.1, -0.05) is 184 Å². The van der Waals surface area contributed by atoms with E-state index in [9.17, 15) is 0 Å². The van der Waals surface area contributed by atoms with Gasteiger partial charge in [0.15, 0.2) is 0 Å². The van der Waals surface area contributed by atoms with Crippen LogP contribution in [0.4, 0.5) is 34.1 Å². The molecule has 68 heavy (non-hydrogen) atoms. The number of hydrogen-bond donors (Lipinski definition) is 0. The van der Waals surface area contributed by atoms with Crippen LogP contribution in [0.25, 0.3) is 76.9 Å². The van der Waals surface area contributed by atoms with Crippen molar-refractivity contribution >= 4 is 77.6 Å². The first kappa shape index (κ1) is 40.8. The van der Waals surface area contributed by atoms with Crippen molar-refractivity contribution in [3.8, 4) is 33.4 Å². The molecule has 0 aliphatic heterocycles. The van der Waals surface area contributed by atoms with Gasteiger partial charge in [0.05, 0.1) is 17.1 Å². The fourth-order valence-corrected chi connectivity index (χ4v) is 9.95. The quantitative estimate of drug-likeness (QED) is 0.136. The van der Waals surface area contributed by atoms with Crippen LogP contribution < -0.4 is 9.80 Å². The summed E-state index contributed by atoms with van der Waals surface area (Å²) in [5, 5.41) is 6.76. The SMILES string of the molecule is CC(C)c1ccc(-c2ccccc2N(c2ccc3cc4c(cc3c2)oc2cc3cc(N(c5ccccc5)c5ccccc5-c5ccccc5)ccc3cc24)c2ccccc2-c2ccccc2)cc1. The molecular formula is C65H48N2O. The van der Waals surface area contributed by atoms with Crippen LogP contribution in [0.1, 0.15) is 25.3 Å². The summed E-state index contributed by atoms with van der Waals surface area (Å²) in [4.78, 5) is 4.79. The molecule has 324 valence electrons. The Balaban J connectivity index is 0.986. The third-order valence-corrected chi connectivity index (χ3v) is 13.4. The van der Waals surface area contributed by atoms with Gasteiger partial charge in [-0.15, -0.1) is 0 Å². The lowest BCUT2D eigenvalue weighted by Gasteiger charge is -2.30. The van der Waals surface area contributed by atoms with E-state index in [-0.39, 0.29) is 0 Å². The molecule has 0 N–H and O–H groups in total. The van der Waals surface area contributed by atoms with Crippen molar-refractivity contribution < 1.29 is 4.42 Å². The summed E-state index contributed by atoms with van der Waals surface area (Å²) < 4.78 is 6.84. The van der Waals surface area contributed by atoms with Crippen LogP contribution in [0.2, 0.25) is 0 Å². The Bertz CT molecular complexity index is 3760. The van der Waals surface area contributed by atoms with E-state index >= 15 is 0 Å². The van der Waals surface area contributed by atoms with Crippen molar-refractivity contribution in [3.05, 3.63) is 254 Å². The molecule has 0 saturated heterocycles. The molecule has 0 radical (unpaired) electrons. The second-order valence-corrected chi connectivity index (χ2v) is 17.9. The van der Waals surface area contributed by atoms with Gasteiger partial charge >= 0.3 is 0 Å². The molecule has 0 fully saturated rings. The second kappa shape index (κ2) is 17.3. The van der Waals surface area contributed by atoms with Crippen molar-refractivity contribution in [2.24, 2.45) is 0 Å². The third kappa shape index (κ3) is 7.45. The van der Waals surface area contributed by atoms with Gasteiger partial charge in [-0.05, 0) is 129 Å². The highest BCUT2D eigenvalue weighted by Crippen LogP contribution is 2.47. The summed E-state index contributed by atoms with van der Waals surface area (Å²) in [6, 6.07) is 89.8. The molecule has 0 aliphatic rings. The van der Waals surface area contributed by atoms with Gasteiger partial charge in [-0.25, -0.2) is 0 Å². The monoisotopic (exact) mass is 872 g/mol. The summed E-state index contributed by atoms with van der Waals surface area (Å²) in [6.45, 7) is 4.49. The molecule has 11 aromatic carbocycles. The van der Waals surface area contributed by atoms with E-state index in [1.807, 2.05) is 0 Å². The van der Waals surface area contributed by atoms with Crippen LogP contribution in [0.15, 0.2) is 253 Å². The van der Waals surface area contributed by atoms with Gasteiger partial charge in [0.2, 0.25) is 0 Å². The molecule has 0 unspecified atom stereocenters. The highest BCUT2D eigenvalue weighted by Gasteiger charge is 2.22. The number of rotatable bonds is 10. The molecule has 3 heteroatoms. The maximum Gasteiger partial charge on any atom is 0.136 e. The van der Waals surface area contributed by atoms with Gasteiger partial charge < -0.3 is 14.2 Å². The first-order chi connectivity index (χ1) is 33.5. The van der Waals surface area contributed by atoms with Gasteiger partial charge in [-0.3, -0.25) is 0 Å². The van der Waals surface area contributed by atoms with Crippen LogP contribution in [0.5, 0.6) is 0 Å². The average Bonchev–Trinajstić information content (AvgIpc) is 3.74. The number of anilines is 6. The van der Waals surface area contributed by atoms with Crippen molar-refractivity contribution in [2.75, 3.05) is 9.80 Å². The zero-order chi connectivity index (χ0) is 45.6. The Hall–Kier alpha value is -8.66. The Labute approximate surface area is 397 Å². The number of nitrogens with zero attached hydrogens (tertiary/aromatic N) is 2. The minimum absolute atomic E-state index is 0.460. The van der Waals surface area contributed by atoms with Crippen molar-refractivity contribution in [1.82, 2.24) is 0 Å². The van der Waals surface area contributed by atoms with E-state index in [1.165, 1.54) is 33.4 Å². The largest absolute Gasteiger partial charge is 0.456 e. The zero-order valence-electron chi connectivity index (χ0n) is 38.1. The summed E-state index contributed by atoms with van der Waals surface area (Å²) in [7, 11) is 0. The number of fused-ring (bicyclic) bond motifs is 5. The number of furan rings is 1. The molecule has 0 saturated carbocycles. The maximum atomic E-state index is 6.84. The fraction of sp³-hybridized carbons (Fsp3) is 0.0462. The Kier molecular flexibility index (Phi) is 10.4. The Morgan fingerprint density at radius 1 is 0.309 bits per heavy atom. The maximum absolute atomic E-state index is 6.84. The van der Waals surface area contributed by atoms with E-state index in [1.54, 1.807) is 0 Å². The van der Waals surface area contributed by atoms with Crippen LogP contribution in [0.3, 0.4) is 0 Å². The summed E-state index contributed by atoms with van der Waals surface area (Å²) in [6.07, 6.45) is 0. The predicted molar refractivity (Wildman–Crippen MR) is 288 cm³/mol. The minimum atomic E-state index is 0.460. The van der Waals surface area contributed by atoms with Crippen molar-refractivity contribution in [1.29, 1.82) is 0 Å². The highest BCUT2D eigenvalue weighted by molar-refractivity contribution is 6.14. The molecule has 12 rings (SSSR count).